The van der Waals surface area contributed by atoms with Gasteiger partial charge in [0.05, 0.1) is 20.0 Å². The van der Waals surface area contributed by atoms with Crippen LogP contribution >= 0.6 is 10.7 Å². The number of rotatable bonds is 4. The first kappa shape index (κ1) is 14.0. The van der Waals surface area contributed by atoms with E-state index in [1.165, 1.54) is 7.11 Å². The van der Waals surface area contributed by atoms with Crippen molar-refractivity contribution < 1.29 is 17.9 Å². The number of hydrogen-bond acceptors (Lipinski definition) is 4. The molecular weight excluding hydrogens is 288 g/mol. The standard InChI is InChI=1S/C13H13ClO4S/c1-17-10-5-3-9-4-6-13(18-2)12(11(9)7-10)8-19(14,15)16/h3-7H,8H2,1-2H3. The van der Waals surface area contributed by atoms with Crippen LogP contribution in [-0.2, 0) is 14.8 Å². The van der Waals surface area contributed by atoms with Crippen LogP contribution in [0.2, 0.25) is 0 Å². The first-order valence-corrected chi connectivity index (χ1v) is 7.98. The maximum absolute atomic E-state index is 11.3. The van der Waals surface area contributed by atoms with Crippen molar-refractivity contribution in [1.29, 1.82) is 0 Å². The van der Waals surface area contributed by atoms with E-state index in [2.05, 4.69) is 0 Å². The predicted molar refractivity (Wildman–Crippen MR) is 75.5 cm³/mol. The monoisotopic (exact) mass is 300 g/mol. The van der Waals surface area contributed by atoms with Gasteiger partial charge in [0.25, 0.3) is 0 Å². The summed E-state index contributed by atoms with van der Waals surface area (Å²) in [6.07, 6.45) is 0. The SMILES string of the molecule is COc1ccc2ccc(OC)c(CS(=O)(=O)Cl)c2c1. The van der Waals surface area contributed by atoms with E-state index in [4.69, 9.17) is 20.2 Å². The second kappa shape index (κ2) is 5.27. The Kier molecular flexibility index (Phi) is 3.87. The number of ether oxygens (including phenoxy) is 2. The molecule has 0 aliphatic carbocycles. The summed E-state index contributed by atoms with van der Waals surface area (Å²) in [5.41, 5.74) is 0.536. The summed E-state index contributed by atoms with van der Waals surface area (Å²) in [5.74, 6) is 0.848. The molecule has 0 bridgehead atoms. The van der Waals surface area contributed by atoms with Gasteiger partial charge in [0.2, 0.25) is 9.05 Å². The Hall–Kier alpha value is -1.46. The van der Waals surface area contributed by atoms with Gasteiger partial charge >= 0.3 is 0 Å². The van der Waals surface area contributed by atoms with Crippen LogP contribution in [0.1, 0.15) is 5.56 Å². The fraction of sp³-hybridized carbons (Fsp3) is 0.231. The summed E-state index contributed by atoms with van der Waals surface area (Å²) in [4.78, 5) is 0. The van der Waals surface area contributed by atoms with Gasteiger partial charge < -0.3 is 9.47 Å². The fourth-order valence-electron chi connectivity index (χ4n) is 1.98. The molecule has 0 heterocycles. The van der Waals surface area contributed by atoms with Gasteiger partial charge in [0, 0.05) is 16.2 Å². The highest BCUT2D eigenvalue weighted by atomic mass is 35.7. The normalized spacial score (nSPS) is 11.5. The molecule has 2 rings (SSSR count). The minimum atomic E-state index is -3.67. The van der Waals surface area contributed by atoms with Gasteiger partial charge in [-0.2, -0.15) is 0 Å². The third-order valence-corrected chi connectivity index (χ3v) is 3.79. The zero-order chi connectivity index (χ0) is 14.0. The van der Waals surface area contributed by atoms with Crippen molar-refractivity contribution in [2.75, 3.05) is 14.2 Å². The van der Waals surface area contributed by atoms with Gasteiger partial charge in [0.1, 0.15) is 11.5 Å². The molecule has 0 unspecified atom stereocenters. The van der Waals surface area contributed by atoms with Gasteiger partial charge in [0.15, 0.2) is 0 Å². The second-order valence-corrected chi connectivity index (χ2v) is 6.79. The quantitative estimate of drug-likeness (QED) is 0.815. The van der Waals surface area contributed by atoms with Crippen LogP contribution < -0.4 is 9.47 Å². The summed E-state index contributed by atoms with van der Waals surface area (Å²) in [6, 6.07) is 9.03. The lowest BCUT2D eigenvalue weighted by atomic mass is 10.0. The molecule has 0 N–H and O–H groups in total. The molecule has 6 heteroatoms. The molecule has 0 atom stereocenters. The van der Waals surface area contributed by atoms with E-state index < -0.39 is 9.05 Å². The minimum Gasteiger partial charge on any atom is -0.497 e. The molecule has 2 aromatic rings. The van der Waals surface area contributed by atoms with Crippen LogP contribution in [0.5, 0.6) is 11.5 Å². The summed E-state index contributed by atoms with van der Waals surface area (Å²) >= 11 is 0. The largest absolute Gasteiger partial charge is 0.497 e. The van der Waals surface area contributed by atoms with Crippen molar-refractivity contribution in [2.45, 2.75) is 5.75 Å². The fourth-order valence-corrected chi connectivity index (χ4v) is 2.95. The molecule has 2 aromatic carbocycles. The van der Waals surface area contributed by atoms with Crippen molar-refractivity contribution in [3.8, 4) is 11.5 Å². The van der Waals surface area contributed by atoms with E-state index in [9.17, 15) is 8.42 Å². The number of halogens is 1. The molecule has 0 radical (unpaired) electrons. The zero-order valence-electron chi connectivity index (χ0n) is 10.5. The van der Waals surface area contributed by atoms with Crippen molar-refractivity contribution in [2.24, 2.45) is 0 Å². The summed E-state index contributed by atoms with van der Waals surface area (Å²) in [5, 5.41) is 1.65. The van der Waals surface area contributed by atoms with Crippen molar-refractivity contribution in [1.82, 2.24) is 0 Å². The Labute approximate surface area is 116 Å². The lowest BCUT2D eigenvalue weighted by molar-refractivity contribution is 0.411. The van der Waals surface area contributed by atoms with Crippen LogP contribution in [0.4, 0.5) is 0 Å². The van der Waals surface area contributed by atoms with E-state index in [0.717, 1.165) is 10.8 Å². The highest BCUT2D eigenvalue weighted by Crippen LogP contribution is 2.32. The maximum Gasteiger partial charge on any atom is 0.236 e. The summed E-state index contributed by atoms with van der Waals surface area (Å²) in [7, 11) is 4.73. The van der Waals surface area contributed by atoms with Crippen LogP contribution in [-0.4, -0.2) is 22.6 Å². The first-order chi connectivity index (χ1) is 8.94. The molecule has 0 fully saturated rings. The van der Waals surface area contributed by atoms with E-state index in [-0.39, 0.29) is 5.75 Å². The number of hydrogen-bond donors (Lipinski definition) is 0. The average molecular weight is 301 g/mol. The lowest BCUT2D eigenvalue weighted by Gasteiger charge is -2.12. The third-order valence-electron chi connectivity index (χ3n) is 2.83. The van der Waals surface area contributed by atoms with E-state index in [1.807, 2.05) is 18.2 Å². The first-order valence-electron chi connectivity index (χ1n) is 5.50. The van der Waals surface area contributed by atoms with Gasteiger partial charge in [-0.15, -0.1) is 0 Å². The minimum absolute atomic E-state index is 0.289. The Morgan fingerprint density at radius 2 is 1.79 bits per heavy atom. The smallest absolute Gasteiger partial charge is 0.236 e. The predicted octanol–water partition coefficient (Wildman–Crippen LogP) is 2.93. The van der Waals surface area contributed by atoms with E-state index in [0.29, 0.717) is 17.1 Å². The van der Waals surface area contributed by atoms with Crippen LogP contribution in [0.15, 0.2) is 30.3 Å². The Balaban J connectivity index is 2.73. The molecule has 0 aliphatic heterocycles. The Bertz CT molecular complexity index is 705. The second-order valence-electron chi connectivity index (χ2n) is 4.02. The topological polar surface area (TPSA) is 52.6 Å². The average Bonchev–Trinajstić information content (AvgIpc) is 2.37. The third kappa shape index (κ3) is 3.11. The molecule has 0 aromatic heterocycles. The van der Waals surface area contributed by atoms with Gasteiger partial charge in [-0.1, -0.05) is 12.1 Å². The Morgan fingerprint density at radius 3 is 2.37 bits per heavy atom. The van der Waals surface area contributed by atoms with Gasteiger partial charge in [-0.3, -0.25) is 0 Å². The molecule has 4 nitrogen and oxygen atoms in total. The van der Waals surface area contributed by atoms with Gasteiger partial charge in [-0.05, 0) is 29.0 Å². The molecule has 0 saturated heterocycles. The molecule has 19 heavy (non-hydrogen) atoms. The number of fused-ring (bicyclic) bond motifs is 1. The Morgan fingerprint density at radius 1 is 1.11 bits per heavy atom. The van der Waals surface area contributed by atoms with Crippen LogP contribution in [0, 0.1) is 0 Å². The molecule has 0 spiro atoms. The lowest BCUT2D eigenvalue weighted by Crippen LogP contribution is -2.00. The maximum atomic E-state index is 11.3. The van der Waals surface area contributed by atoms with Crippen LogP contribution in [0.25, 0.3) is 10.8 Å². The highest BCUT2D eigenvalue weighted by molar-refractivity contribution is 8.13. The van der Waals surface area contributed by atoms with Crippen molar-refractivity contribution >= 4 is 30.5 Å². The molecule has 0 amide bonds. The van der Waals surface area contributed by atoms with Crippen molar-refractivity contribution in [3.63, 3.8) is 0 Å². The van der Waals surface area contributed by atoms with Gasteiger partial charge in [-0.25, -0.2) is 8.42 Å². The summed E-state index contributed by atoms with van der Waals surface area (Å²) in [6.45, 7) is 0. The summed E-state index contributed by atoms with van der Waals surface area (Å²) < 4.78 is 33.1. The molecule has 0 saturated carbocycles. The van der Waals surface area contributed by atoms with Crippen molar-refractivity contribution in [3.05, 3.63) is 35.9 Å². The van der Waals surface area contributed by atoms with E-state index >= 15 is 0 Å². The molecule has 102 valence electrons. The number of benzene rings is 2. The zero-order valence-corrected chi connectivity index (χ0v) is 12.1. The molecular formula is C13H13ClO4S. The van der Waals surface area contributed by atoms with E-state index in [1.54, 1.807) is 19.2 Å². The molecule has 0 aliphatic rings. The van der Waals surface area contributed by atoms with Crippen LogP contribution in [0.3, 0.4) is 0 Å². The highest BCUT2D eigenvalue weighted by Gasteiger charge is 2.16. The number of methoxy groups -OCH3 is 2.